The van der Waals surface area contributed by atoms with Crippen molar-refractivity contribution < 1.29 is 14.3 Å². The summed E-state index contributed by atoms with van der Waals surface area (Å²) in [6.45, 7) is 0.400. The molecule has 0 saturated heterocycles. The average Bonchev–Trinajstić information content (AvgIpc) is 2.67. The summed E-state index contributed by atoms with van der Waals surface area (Å²) in [6, 6.07) is 12.6. The molecular formula is C19H16BrN3O3. The van der Waals surface area contributed by atoms with E-state index < -0.39 is 0 Å². The van der Waals surface area contributed by atoms with Gasteiger partial charge in [-0.2, -0.15) is 0 Å². The molecule has 7 heteroatoms. The van der Waals surface area contributed by atoms with Gasteiger partial charge >= 0.3 is 6.03 Å². The summed E-state index contributed by atoms with van der Waals surface area (Å²) in [4.78, 5) is 25.6. The summed E-state index contributed by atoms with van der Waals surface area (Å²) < 4.78 is 6.08. The molecule has 132 valence electrons. The number of benzene rings is 2. The van der Waals surface area contributed by atoms with Crippen molar-refractivity contribution in [1.29, 1.82) is 0 Å². The van der Waals surface area contributed by atoms with Crippen LogP contribution in [0.4, 0.5) is 10.5 Å². The van der Waals surface area contributed by atoms with Gasteiger partial charge in [0.25, 0.3) is 0 Å². The van der Waals surface area contributed by atoms with Crippen LogP contribution in [-0.2, 0) is 4.79 Å². The number of carbonyl (C=O) groups excluding carboxylic acids is 2. The van der Waals surface area contributed by atoms with Crippen LogP contribution in [0.5, 0.6) is 5.75 Å². The van der Waals surface area contributed by atoms with Crippen LogP contribution in [0.1, 0.15) is 17.2 Å². The maximum atomic E-state index is 12.3. The van der Waals surface area contributed by atoms with Crippen LogP contribution >= 0.6 is 15.9 Å². The number of amides is 3. The molecule has 2 aromatic carbocycles. The SMILES string of the molecule is COc1ccc(C2NC(=O)NC3=C2CN(C=O)c2ccccc23)cc1Br. The zero-order valence-electron chi connectivity index (χ0n) is 14.0. The second kappa shape index (κ2) is 6.49. The van der Waals surface area contributed by atoms with E-state index in [1.54, 1.807) is 12.0 Å². The van der Waals surface area contributed by atoms with Crippen LogP contribution in [0.15, 0.2) is 52.5 Å². The van der Waals surface area contributed by atoms with Crippen molar-refractivity contribution in [3.8, 4) is 5.75 Å². The van der Waals surface area contributed by atoms with Crippen molar-refractivity contribution in [1.82, 2.24) is 10.6 Å². The zero-order chi connectivity index (χ0) is 18.3. The lowest BCUT2D eigenvalue weighted by atomic mass is 9.89. The van der Waals surface area contributed by atoms with Crippen molar-refractivity contribution in [3.63, 3.8) is 0 Å². The van der Waals surface area contributed by atoms with Crippen LogP contribution in [0, 0.1) is 0 Å². The molecule has 0 bridgehead atoms. The number of fused-ring (bicyclic) bond motifs is 2. The number of ether oxygens (including phenoxy) is 1. The molecule has 0 saturated carbocycles. The third-order valence-corrected chi connectivity index (χ3v) is 5.26. The van der Waals surface area contributed by atoms with Crippen molar-refractivity contribution in [2.75, 3.05) is 18.6 Å². The Morgan fingerprint density at radius 1 is 1.27 bits per heavy atom. The van der Waals surface area contributed by atoms with E-state index in [-0.39, 0.29) is 12.1 Å². The summed E-state index contributed by atoms with van der Waals surface area (Å²) in [7, 11) is 1.60. The van der Waals surface area contributed by atoms with Crippen molar-refractivity contribution in [2.24, 2.45) is 0 Å². The maximum absolute atomic E-state index is 12.3. The highest BCUT2D eigenvalue weighted by atomic mass is 79.9. The van der Waals surface area contributed by atoms with Crippen LogP contribution in [0.3, 0.4) is 0 Å². The molecule has 0 fully saturated rings. The van der Waals surface area contributed by atoms with E-state index in [0.29, 0.717) is 12.3 Å². The van der Waals surface area contributed by atoms with Gasteiger partial charge in [0.15, 0.2) is 0 Å². The normalized spacial score (nSPS) is 18.5. The van der Waals surface area contributed by atoms with Gasteiger partial charge in [0.2, 0.25) is 6.41 Å². The highest BCUT2D eigenvalue weighted by Gasteiger charge is 2.34. The van der Waals surface area contributed by atoms with Crippen LogP contribution in [-0.4, -0.2) is 26.1 Å². The lowest BCUT2D eigenvalue weighted by molar-refractivity contribution is -0.107. The number of hydrogen-bond donors (Lipinski definition) is 2. The molecule has 1 unspecified atom stereocenters. The van der Waals surface area contributed by atoms with E-state index in [1.165, 1.54) is 0 Å². The fourth-order valence-corrected chi connectivity index (χ4v) is 4.01. The molecule has 0 spiro atoms. The molecule has 26 heavy (non-hydrogen) atoms. The predicted octanol–water partition coefficient (Wildman–Crippen LogP) is 3.20. The summed E-state index contributed by atoms with van der Waals surface area (Å²) in [5.74, 6) is 0.715. The Morgan fingerprint density at radius 2 is 2.08 bits per heavy atom. The second-order valence-corrected chi connectivity index (χ2v) is 6.93. The van der Waals surface area contributed by atoms with E-state index in [9.17, 15) is 9.59 Å². The predicted molar refractivity (Wildman–Crippen MR) is 102 cm³/mol. The van der Waals surface area contributed by atoms with Crippen molar-refractivity contribution in [2.45, 2.75) is 6.04 Å². The Morgan fingerprint density at radius 3 is 2.81 bits per heavy atom. The highest BCUT2D eigenvalue weighted by Crippen LogP contribution is 2.40. The van der Waals surface area contributed by atoms with Crippen LogP contribution in [0.2, 0.25) is 0 Å². The maximum Gasteiger partial charge on any atom is 0.320 e. The van der Waals surface area contributed by atoms with E-state index in [0.717, 1.165) is 39.0 Å². The highest BCUT2D eigenvalue weighted by molar-refractivity contribution is 9.10. The minimum absolute atomic E-state index is 0.268. The molecule has 2 aliphatic rings. The molecule has 0 aromatic heterocycles. The Bertz CT molecular complexity index is 941. The number of nitrogens with zero attached hydrogens (tertiary/aromatic N) is 1. The number of carbonyl (C=O) groups is 2. The fourth-order valence-electron chi connectivity index (χ4n) is 3.45. The van der Waals surface area contributed by atoms with Crippen molar-refractivity contribution in [3.05, 3.63) is 63.6 Å². The fraction of sp³-hybridized carbons (Fsp3) is 0.158. The van der Waals surface area contributed by atoms with Gasteiger partial charge in [-0.05, 0) is 39.7 Å². The van der Waals surface area contributed by atoms with Gasteiger partial charge < -0.3 is 20.3 Å². The van der Waals surface area contributed by atoms with Gasteiger partial charge in [-0.3, -0.25) is 4.79 Å². The number of rotatable bonds is 3. The molecule has 0 radical (unpaired) electrons. The van der Waals surface area contributed by atoms with E-state index in [2.05, 4.69) is 26.6 Å². The van der Waals surface area contributed by atoms with Gasteiger partial charge in [0.05, 0.1) is 35.6 Å². The van der Waals surface area contributed by atoms with Gasteiger partial charge in [0.1, 0.15) is 5.75 Å². The Hall–Kier alpha value is -2.80. The lowest BCUT2D eigenvalue weighted by Gasteiger charge is -2.37. The third-order valence-electron chi connectivity index (χ3n) is 4.64. The molecule has 0 aliphatic carbocycles. The minimum Gasteiger partial charge on any atom is -0.496 e. The quantitative estimate of drug-likeness (QED) is 0.758. The van der Waals surface area contributed by atoms with E-state index >= 15 is 0 Å². The second-order valence-electron chi connectivity index (χ2n) is 6.08. The van der Waals surface area contributed by atoms with E-state index in [1.807, 2.05) is 42.5 Å². The largest absolute Gasteiger partial charge is 0.496 e. The van der Waals surface area contributed by atoms with Crippen molar-refractivity contribution >= 4 is 39.8 Å². The number of nitrogens with one attached hydrogen (secondary N) is 2. The molecule has 3 amide bonds. The molecular weight excluding hydrogens is 398 g/mol. The molecule has 2 aromatic rings. The van der Waals surface area contributed by atoms with Crippen LogP contribution in [0.25, 0.3) is 5.70 Å². The summed E-state index contributed by atoms with van der Waals surface area (Å²) in [6.07, 6.45) is 0.819. The first kappa shape index (κ1) is 16.7. The number of urea groups is 1. The monoisotopic (exact) mass is 413 g/mol. The first-order chi connectivity index (χ1) is 12.6. The molecule has 6 nitrogen and oxygen atoms in total. The number of hydrogen-bond acceptors (Lipinski definition) is 3. The molecule has 4 rings (SSSR count). The third kappa shape index (κ3) is 2.64. The number of methoxy groups -OCH3 is 1. The standard InChI is InChI=1S/C19H16BrN3O3/c1-26-16-7-6-11(8-14(16)20)17-13-9-23(10-24)15-5-3-2-4-12(15)18(13)22-19(25)21-17/h2-8,10,17H,9H2,1H3,(H2,21,22,25). The molecule has 1 atom stereocenters. The molecule has 2 heterocycles. The van der Waals surface area contributed by atoms with Gasteiger partial charge in [-0.1, -0.05) is 24.3 Å². The Labute approximate surface area is 159 Å². The van der Waals surface area contributed by atoms with Gasteiger partial charge in [0, 0.05) is 11.1 Å². The first-order valence-electron chi connectivity index (χ1n) is 8.07. The number of halogens is 1. The Balaban J connectivity index is 1.86. The van der Waals surface area contributed by atoms with Crippen LogP contribution < -0.4 is 20.3 Å². The first-order valence-corrected chi connectivity index (χ1v) is 8.87. The number of anilines is 1. The van der Waals surface area contributed by atoms with Gasteiger partial charge in [-0.25, -0.2) is 4.79 Å². The minimum atomic E-state index is -0.336. The molecule has 2 aliphatic heterocycles. The summed E-state index contributed by atoms with van der Waals surface area (Å²) >= 11 is 3.49. The Kier molecular flexibility index (Phi) is 4.16. The molecule has 2 N–H and O–H groups in total. The van der Waals surface area contributed by atoms with E-state index in [4.69, 9.17) is 4.74 Å². The zero-order valence-corrected chi connectivity index (χ0v) is 15.5. The summed E-state index contributed by atoms with van der Waals surface area (Å²) in [5.41, 5.74) is 4.24. The smallest absolute Gasteiger partial charge is 0.320 e. The lowest BCUT2D eigenvalue weighted by Crippen LogP contribution is -2.47. The summed E-state index contributed by atoms with van der Waals surface area (Å²) in [5, 5.41) is 5.87. The van der Waals surface area contributed by atoms with Gasteiger partial charge in [-0.15, -0.1) is 0 Å². The number of para-hydroxylation sites is 1. The average molecular weight is 414 g/mol. The topological polar surface area (TPSA) is 70.7 Å².